The minimum absolute atomic E-state index is 0.273. The lowest BCUT2D eigenvalue weighted by molar-refractivity contribution is 0.0596. The van der Waals surface area contributed by atoms with Gasteiger partial charge in [0.15, 0.2) is 0 Å². The smallest absolute Gasteiger partial charge is 0.339 e. The van der Waals surface area contributed by atoms with Crippen LogP contribution in [0.2, 0.25) is 0 Å². The molecule has 4 heteroatoms. The van der Waals surface area contributed by atoms with Crippen LogP contribution in [0.4, 0.5) is 0 Å². The second kappa shape index (κ2) is 5.32. The predicted octanol–water partition coefficient (Wildman–Crippen LogP) is 2.92. The molecule has 0 unspecified atom stereocenters. The third-order valence-corrected chi connectivity index (χ3v) is 3.57. The van der Waals surface area contributed by atoms with Crippen LogP contribution in [0.1, 0.15) is 10.4 Å². The normalized spacial score (nSPS) is 9.93. The van der Waals surface area contributed by atoms with Crippen molar-refractivity contribution in [1.82, 2.24) is 0 Å². The fourth-order valence-electron chi connectivity index (χ4n) is 1.16. The Hall–Kier alpha value is -0.610. The number of carbonyl (C=O) groups excluding carboxylic acids is 1. The summed E-state index contributed by atoms with van der Waals surface area (Å²) in [6.45, 7) is 0. The Morgan fingerprint density at radius 2 is 2.00 bits per heavy atom. The highest BCUT2D eigenvalue weighted by atomic mass is 32.2. The van der Waals surface area contributed by atoms with Gasteiger partial charge in [0.1, 0.15) is 0 Å². The van der Waals surface area contributed by atoms with Crippen LogP contribution in [0.5, 0.6) is 0 Å². The molecule has 0 atom stereocenters. The Morgan fingerprint density at radius 1 is 1.29 bits per heavy atom. The Kier molecular flexibility index (Phi) is 4.35. The van der Waals surface area contributed by atoms with Crippen molar-refractivity contribution < 1.29 is 9.53 Å². The second-order valence-electron chi connectivity index (χ2n) is 2.53. The highest BCUT2D eigenvalue weighted by Crippen LogP contribution is 2.31. The molecule has 0 bridgehead atoms. The molecule has 0 aliphatic rings. The predicted molar refractivity (Wildman–Crippen MR) is 61.3 cm³/mol. The number of hydrogen-bond acceptors (Lipinski definition) is 4. The standard InChI is InChI=1S/C10H12O2S2/c1-12-10(11)7-5-4-6-8(13-2)9(7)14-3/h4-6H,1-3H3. The molecule has 0 saturated heterocycles. The summed E-state index contributed by atoms with van der Waals surface area (Å²) in [6.07, 6.45) is 3.96. The number of rotatable bonds is 3. The van der Waals surface area contributed by atoms with E-state index in [0.717, 1.165) is 9.79 Å². The van der Waals surface area contributed by atoms with E-state index >= 15 is 0 Å². The van der Waals surface area contributed by atoms with E-state index in [0.29, 0.717) is 5.56 Å². The molecule has 0 saturated carbocycles. The molecule has 0 N–H and O–H groups in total. The highest BCUT2D eigenvalue weighted by Gasteiger charge is 2.13. The van der Waals surface area contributed by atoms with Gasteiger partial charge in [-0.25, -0.2) is 4.79 Å². The monoisotopic (exact) mass is 228 g/mol. The first kappa shape index (κ1) is 11.5. The molecule has 0 spiro atoms. The fraction of sp³-hybridized carbons (Fsp3) is 0.300. The van der Waals surface area contributed by atoms with Crippen LogP contribution < -0.4 is 0 Å². The Bertz CT molecular complexity index is 337. The molecule has 0 aliphatic heterocycles. The van der Waals surface area contributed by atoms with Crippen molar-refractivity contribution in [1.29, 1.82) is 0 Å². The SMILES string of the molecule is COC(=O)c1cccc(SC)c1SC. The number of hydrogen-bond donors (Lipinski definition) is 0. The molecule has 14 heavy (non-hydrogen) atoms. The van der Waals surface area contributed by atoms with Gasteiger partial charge in [-0.1, -0.05) is 6.07 Å². The molecule has 0 aliphatic carbocycles. The van der Waals surface area contributed by atoms with Gasteiger partial charge in [0.2, 0.25) is 0 Å². The van der Waals surface area contributed by atoms with Crippen molar-refractivity contribution in [3.8, 4) is 0 Å². The van der Waals surface area contributed by atoms with E-state index in [1.165, 1.54) is 7.11 Å². The van der Waals surface area contributed by atoms with Crippen molar-refractivity contribution in [3.63, 3.8) is 0 Å². The zero-order valence-electron chi connectivity index (χ0n) is 8.37. The Labute approximate surface area is 92.4 Å². The molecular weight excluding hydrogens is 216 g/mol. The lowest BCUT2D eigenvalue weighted by Crippen LogP contribution is -2.03. The summed E-state index contributed by atoms with van der Waals surface area (Å²) in [7, 11) is 1.40. The van der Waals surface area contributed by atoms with Crippen molar-refractivity contribution in [2.45, 2.75) is 9.79 Å². The van der Waals surface area contributed by atoms with Gasteiger partial charge in [-0.3, -0.25) is 0 Å². The maximum absolute atomic E-state index is 11.4. The van der Waals surface area contributed by atoms with E-state index in [4.69, 9.17) is 4.74 Å². The van der Waals surface area contributed by atoms with Crippen LogP contribution in [0, 0.1) is 0 Å². The number of methoxy groups -OCH3 is 1. The molecule has 76 valence electrons. The number of thioether (sulfide) groups is 2. The molecule has 0 amide bonds. The quantitative estimate of drug-likeness (QED) is 0.587. The van der Waals surface area contributed by atoms with Crippen LogP contribution in [0.15, 0.2) is 28.0 Å². The summed E-state index contributed by atoms with van der Waals surface area (Å²) in [5.74, 6) is -0.273. The molecule has 0 heterocycles. The van der Waals surface area contributed by atoms with Gasteiger partial charge in [0.05, 0.1) is 12.7 Å². The van der Waals surface area contributed by atoms with Crippen molar-refractivity contribution in [2.24, 2.45) is 0 Å². The van der Waals surface area contributed by atoms with E-state index in [9.17, 15) is 4.79 Å². The lowest BCUT2D eigenvalue weighted by Gasteiger charge is -2.08. The first-order valence-corrected chi connectivity index (χ1v) is 6.48. The number of esters is 1. The lowest BCUT2D eigenvalue weighted by atomic mass is 10.2. The Morgan fingerprint density at radius 3 is 2.50 bits per heavy atom. The Balaban J connectivity index is 3.21. The van der Waals surface area contributed by atoms with E-state index in [1.807, 2.05) is 24.6 Å². The maximum Gasteiger partial charge on any atom is 0.339 e. The largest absolute Gasteiger partial charge is 0.465 e. The molecule has 2 nitrogen and oxygen atoms in total. The molecule has 1 aromatic carbocycles. The van der Waals surface area contributed by atoms with Gasteiger partial charge in [0.25, 0.3) is 0 Å². The second-order valence-corrected chi connectivity index (χ2v) is 4.20. The van der Waals surface area contributed by atoms with Crippen LogP contribution >= 0.6 is 23.5 Å². The summed E-state index contributed by atoms with van der Waals surface area (Å²) in [5, 5.41) is 0. The van der Waals surface area contributed by atoms with E-state index in [-0.39, 0.29) is 5.97 Å². The summed E-state index contributed by atoms with van der Waals surface area (Å²) >= 11 is 3.20. The topological polar surface area (TPSA) is 26.3 Å². The summed E-state index contributed by atoms with van der Waals surface area (Å²) < 4.78 is 4.72. The third-order valence-electron chi connectivity index (χ3n) is 1.81. The van der Waals surface area contributed by atoms with E-state index < -0.39 is 0 Å². The minimum atomic E-state index is -0.273. The number of ether oxygens (including phenoxy) is 1. The molecular formula is C10H12O2S2. The van der Waals surface area contributed by atoms with Crippen LogP contribution in [-0.4, -0.2) is 25.6 Å². The van der Waals surface area contributed by atoms with Gasteiger partial charge in [-0.05, 0) is 24.6 Å². The molecule has 0 aromatic heterocycles. The average molecular weight is 228 g/mol. The highest BCUT2D eigenvalue weighted by molar-refractivity contribution is 8.01. The molecule has 0 fully saturated rings. The van der Waals surface area contributed by atoms with Crippen LogP contribution in [-0.2, 0) is 4.74 Å². The minimum Gasteiger partial charge on any atom is -0.465 e. The van der Waals surface area contributed by atoms with E-state index in [2.05, 4.69) is 0 Å². The van der Waals surface area contributed by atoms with Crippen molar-refractivity contribution in [3.05, 3.63) is 23.8 Å². The van der Waals surface area contributed by atoms with Crippen LogP contribution in [0.3, 0.4) is 0 Å². The first-order valence-electron chi connectivity index (χ1n) is 4.04. The fourth-order valence-corrected chi connectivity index (χ4v) is 2.81. The van der Waals surface area contributed by atoms with E-state index in [1.54, 1.807) is 29.6 Å². The molecule has 0 radical (unpaired) electrons. The summed E-state index contributed by atoms with van der Waals surface area (Å²) in [5.41, 5.74) is 0.645. The van der Waals surface area contributed by atoms with Gasteiger partial charge >= 0.3 is 5.97 Å². The number of carbonyl (C=O) groups is 1. The average Bonchev–Trinajstić information content (AvgIpc) is 2.26. The third kappa shape index (κ3) is 2.25. The summed E-state index contributed by atoms with van der Waals surface area (Å²) in [6, 6.07) is 5.66. The van der Waals surface area contributed by atoms with Gasteiger partial charge in [-0.2, -0.15) is 0 Å². The molecule has 1 aromatic rings. The zero-order valence-corrected chi connectivity index (χ0v) is 10.00. The van der Waals surface area contributed by atoms with Gasteiger partial charge in [0, 0.05) is 9.79 Å². The molecule has 1 rings (SSSR count). The summed E-state index contributed by atoms with van der Waals surface area (Å²) in [4.78, 5) is 13.5. The maximum atomic E-state index is 11.4. The van der Waals surface area contributed by atoms with Gasteiger partial charge < -0.3 is 4.74 Å². The zero-order chi connectivity index (χ0) is 10.6. The first-order chi connectivity index (χ1) is 6.74. The number of benzene rings is 1. The van der Waals surface area contributed by atoms with Crippen molar-refractivity contribution in [2.75, 3.05) is 19.6 Å². The van der Waals surface area contributed by atoms with Crippen molar-refractivity contribution >= 4 is 29.5 Å². The van der Waals surface area contributed by atoms with Gasteiger partial charge in [-0.15, -0.1) is 23.5 Å². The van der Waals surface area contributed by atoms with Crippen LogP contribution in [0.25, 0.3) is 0 Å².